The number of rotatable bonds is 4. The number of ether oxygens (including phenoxy) is 1. The summed E-state index contributed by atoms with van der Waals surface area (Å²) in [4.78, 5) is 24.4. The van der Waals surface area contributed by atoms with E-state index in [0.717, 1.165) is 16.2 Å². The molecule has 6 heteroatoms. The minimum Gasteiger partial charge on any atom is -0.462 e. The fourth-order valence-corrected chi connectivity index (χ4v) is 3.32. The van der Waals surface area contributed by atoms with Gasteiger partial charge < -0.3 is 14.5 Å². The molecule has 1 amide bonds. The first-order valence-electron chi connectivity index (χ1n) is 8.76. The van der Waals surface area contributed by atoms with Gasteiger partial charge in [-0.1, -0.05) is 41.9 Å². The molecule has 0 unspecified atom stereocenters. The molecule has 1 N–H and O–H groups in total. The van der Waals surface area contributed by atoms with Crippen LogP contribution in [0.25, 0.3) is 21.7 Å². The third-order valence-corrected chi connectivity index (χ3v) is 4.68. The topological polar surface area (TPSA) is 68.5 Å². The van der Waals surface area contributed by atoms with Crippen LogP contribution in [-0.4, -0.2) is 18.5 Å². The summed E-state index contributed by atoms with van der Waals surface area (Å²) in [6.07, 6.45) is 0. The number of anilines is 1. The zero-order valence-electron chi connectivity index (χ0n) is 15.0. The second-order valence-corrected chi connectivity index (χ2v) is 6.59. The van der Waals surface area contributed by atoms with Gasteiger partial charge in [0.1, 0.15) is 5.58 Å². The van der Waals surface area contributed by atoms with Crippen molar-refractivity contribution in [2.24, 2.45) is 0 Å². The Hall–Kier alpha value is -3.31. The molecule has 0 saturated carbocycles. The Balaban J connectivity index is 1.61. The number of carbonyl (C=O) groups excluding carboxylic acids is 2. The van der Waals surface area contributed by atoms with Crippen molar-refractivity contribution in [3.05, 3.63) is 77.0 Å². The Kier molecular flexibility index (Phi) is 4.75. The van der Waals surface area contributed by atoms with E-state index < -0.39 is 11.9 Å². The smallest absolute Gasteiger partial charge is 0.339 e. The zero-order chi connectivity index (χ0) is 19.7. The fraction of sp³-hybridized carbons (Fsp3) is 0.0909. The maximum absolute atomic E-state index is 12.6. The van der Waals surface area contributed by atoms with Gasteiger partial charge in [-0.05, 0) is 48.0 Å². The summed E-state index contributed by atoms with van der Waals surface area (Å²) in [5, 5.41) is 5.90. The molecule has 1 heterocycles. The molecule has 0 atom stereocenters. The monoisotopic (exact) mass is 393 g/mol. The second-order valence-electron chi connectivity index (χ2n) is 6.18. The zero-order valence-corrected chi connectivity index (χ0v) is 15.7. The number of benzene rings is 3. The first-order valence-corrected chi connectivity index (χ1v) is 9.14. The van der Waals surface area contributed by atoms with Gasteiger partial charge in [0.05, 0.1) is 17.2 Å². The van der Waals surface area contributed by atoms with Crippen molar-refractivity contribution in [2.75, 3.05) is 11.9 Å². The lowest BCUT2D eigenvalue weighted by atomic mass is 10.1. The number of carbonyl (C=O) groups is 2. The Labute approximate surface area is 165 Å². The standard InChI is InChI=1S/C22H16ClNO4/c1-2-27-22(26)16-9-8-14(11-18(16)23)24-21(25)20-12-17-15-6-4-3-5-13(15)7-10-19(17)28-20/h3-12H,2H2,1H3,(H,24,25). The van der Waals surface area contributed by atoms with Crippen molar-refractivity contribution >= 4 is 50.9 Å². The number of hydrogen-bond donors (Lipinski definition) is 1. The van der Waals surface area contributed by atoms with Crippen LogP contribution in [0.5, 0.6) is 0 Å². The van der Waals surface area contributed by atoms with E-state index in [0.29, 0.717) is 11.3 Å². The summed E-state index contributed by atoms with van der Waals surface area (Å²) in [5.74, 6) is -0.716. The van der Waals surface area contributed by atoms with Gasteiger partial charge >= 0.3 is 5.97 Å². The summed E-state index contributed by atoms with van der Waals surface area (Å²) in [6.45, 7) is 1.98. The van der Waals surface area contributed by atoms with Crippen molar-refractivity contribution < 1.29 is 18.7 Å². The van der Waals surface area contributed by atoms with E-state index in [4.69, 9.17) is 20.8 Å². The largest absolute Gasteiger partial charge is 0.462 e. The van der Waals surface area contributed by atoms with E-state index in [2.05, 4.69) is 5.32 Å². The van der Waals surface area contributed by atoms with Gasteiger partial charge in [0.15, 0.2) is 5.76 Å². The van der Waals surface area contributed by atoms with Gasteiger partial charge in [0.25, 0.3) is 5.91 Å². The fourth-order valence-electron chi connectivity index (χ4n) is 3.06. The highest BCUT2D eigenvalue weighted by Gasteiger charge is 2.16. The van der Waals surface area contributed by atoms with Gasteiger partial charge in [0, 0.05) is 11.1 Å². The predicted octanol–water partition coefficient (Wildman–Crippen LogP) is 5.67. The van der Waals surface area contributed by atoms with Gasteiger partial charge in [0.2, 0.25) is 0 Å². The predicted molar refractivity (Wildman–Crippen MR) is 109 cm³/mol. The van der Waals surface area contributed by atoms with Crippen molar-refractivity contribution in [3.8, 4) is 0 Å². The van der Waals surface area contributed by atoms with Crippen LogP contribution in [0.1, 0.15) is 27.8 Å². The minimum atomic E-state index is -0.505. The van der Waals surface area contributed by atoms with Gasteiger partial charge in [-0.3, -0.25) is 4.79 Å². The number of nitrogens with one attached hydrogen (secondary N) is 1. The highest BCUT2D eigenvalue weighted by Crippen LogP contribution is 2.29. The van der Waals surface area contributed by atoms with Crippen LogP contribution in [0, 0.1) is 0 Å². The molecule has 0 aliphatic heterocycles. The molecule has 0 spiro atoms. The molecular weight excluding hydrogens is 378 g/mol. The highest BCUT2D eigenvalue weighted by molar-refractivity contribution is 6.34. The maximum atomic E-state index is 12.6. The summed E-state index contributed by atoms with van der Waals surface area (Å²) in [5.41, 5.74) is 1.34. The summed E-state index contributed by atoms with van der Waals surface area (Å²) in [6, 6.07) is 18.0. The van der Waals surface area contributed by atoms with Gasteiger partial charge in [-0.2, -0.15) is 0 Å². The van der Waals surface area contributed by atoms with Crippen LogP contribution >= 0.6 is 11.6 Å². The number of amides is 1. The van der Waals surface area contributed by atoms with E-state index in [1.165, 1.54) is 12.1 Å². The van der Waals surface area contributed by atoms with Gasteiger partial charge in [-0.15, -0.1) is 0 Å². The van der Waals surface area contributed by atoms with E-state index in [1.54, 1.807) is 19.1 Å². The lowest BCUT2D eigenvalue weighted by Gasteiger charge is -2.07. The molecule has 0 aliphatic rings. The Morgan fingerprint density at radius 1 is 1.04 bits per heavy atom. The molecule has 0 bridgehead atoms. The number of halogens is 1. The molecule has 3 aromatic carbocycles. The number of esters is 1. The van der Waals surface area contributed by atoms with Crippen molar-refractivity contribution in [1.29, 1.82) is 0 Å². The highest BCUT2D eigenvalue weighted by atomic mass is 35.5. The Morgan fingerprint density at radius 3 is 2.64 bits per heavy atom. The van der Waals surface area contributed by atoms with Gasteiger partial charge in [-0.25, -0.2) is 4.79 Å². The first kappa shape index (κ1) is 18.1. The average Bonchev–Trinajstić information content (AvgIpc) is 3.13. The Morgan fingerprint density at radius 2 is 1.86 bits per heavy atom. The number of furan rings is 1. The summed E-state index contributed by atoms with van der Waals surface area (Å²) < 4.78 is 10.7. The molecule has 1 aromatic heterocycles. The third kappa shape index (κ3) is 3.32. The molecule has 28 heavy (non-hydrogen) atoms. The maximum Gasteiger partial charge on any atom is 0.339 e. The third-order valence-electron chi connectivity index (χ3n) is 4.37. The van der Waals surface area contributed by atoms with E-state index >= 15 is 0 Å². The molecule has 0 radical (unpaired) electrons. The average molecular weight is 394 g/mol. The number of hydrogen-bond acceptors (Lipinski definition) is 4. The molecule has 0 aliphatic carbocycles. The molecule has 4 rings (SSSR count). The molecule has 5 nitrogen and oxygen atoms in total. The van der Waals surface area contributed by atoms with E-state index in [9.17, 15) is 9.59 Å². The molecular formula is C22H16ClNO4. The normalized spacial score (nSPS) is 10.9. The Bertz CT molecular complexity index is 1210. The summed E-state index contributed by atoms with van der Waals surface area (Å²) >= 11 is 6.14. The SMILES string of the molecule is CCOC(=O)c1ccc(NC(=O)c2cc3c(ccc4ccccc43)o2)cc1Cl. The molecule has 0 saturated heterocycles. The molecule has 140 valence electrons. The van der Waals surface area contributed by atoms with E-state index in [1.807, 2.05) is 36.4 Å². The number of fused-ring (bicyclic) bond motifs is 3. The first-order chi connectivity index (χ1) is 13.6. The summed E-state index contributed by atoms with van der Waals surface area (Å²) in [7, 11) is 0. The van der Waals surface area contributed by atoms with Crippen LogP contribution < -0.4 is 5.32 Å². The minimum absolute atomic E-state index is 0.192. The van der Waals surface area contributed by atoms with Crippen molar-refractivity contribution in [3.63, 3.8) is 0 Å². The quantitative estimate of drug-likeness (QED) is 0.453. The second kappa shape index (κ2) is 7.37. The van der Waals surface area contributed by atoms with E-state index in [-0.39, 0.29) is 23.0 Å². The lowest BCUT2D eigenvalue weighted by Crippen LogP contribution is -2.11. The van der Waals surface area contributed by atoms with Crippen LogP contribution in [0.3, 0.4) is 0 Å². The van der Waals surface area contributed by atoms with Crippen molar-refractivity contribution in [1.82, 2.24) is 0 Å². The van der Waals surface area contributed by atoms with Crippen LogP contribution in [0.4, 0.5) is 5.69 Å². The van der Waals surface area contributed by atoms with Crippen LogP contribution in [-0.2, 0) is 4.74 Å². The van der Waals surface area contributed by atoms with Crippen LogP contribution in [0.2, 0.25) is 5.02 Å². The lowest BCUT2D eigenvalue weighted by molar-refractivity contribution is 0.0526. The van der Waals surface area contributed by atoms with Crippen LogP contribution in [0.15, 0.2) is 65.1 Å². The molecule has 4 aromatic rings. The van der Waals surface area contributed by atoms with Crippen molar-refractivity contribution in [2.45, 2.75) is 6.92 Å². The molecule has 0 fully saturated rings.